The molecule has 1 aliphatic rings. The number of anilines is 1. The third kappa shape index (κ3) is 3.35. The number of halogens is 1. The standard InChI is InChI=1S/C16H15BrN4S/c17-12-7-4-8-13(9-12)19-16(22)21-10-14(18)20-15(21)11-5-2-1-3-6-11/h1-9,14H,10,18H2,(H,19,22). The summed E-state index contributed by atoms with van der Waals surface area (Å²) in [5.41, 5.74) is 7.92. The zero-order chi connectivity index (χ0) is 15.5. The zero-order valence-electron chi connectivity index (χ0n) is 11.7. The van der Waals surface area contributed by atoms with Gasteiger partial charge in [0.15, 0.2) is 5.11 Å². The van der Waals surface area contributed by atoms with Crippen LogP contribution in [0.2, 0.25) is 0 Å². The molecule has 0 aliphatic carbocycles. The lowest BCUT2D eigenvalue weighted by Gasteiger charge is -2.22. The van der Waals surface area contributed by atoms with Crippen LogP contribution in [0.4, 0.5) is 5.69 Å². The molecular formula is C16H15BrN4S. The van der Waals surface area contributed by atoms with Crippen molar-refractivity contribution in [3.05, 3.63) is 64.6 Å². The van der Waals surface area contributed by atoms with Crippen molar-refractivity contribution in [2.24, 2.45) is 10.7 Å². The summed E-state index contributed by atoms with van der Waals surface area (Å²) in [4.78, 5) is 6.44. The van der Waals surface area contributed by atoms with E-state index in [2.05, 4.69) is 26.2 Å². The van der Waals surface area contributed by atoms with E-state index >= 15 is 0 Å². The van der Waals surface area contributed by atoms with Gasteiger partial charge < -0.3 is 11.1 Å². The van der Waals surface area contributed by atoms with Crippen LogP contribution in [-0.4, -0.2) is 28.6 Å². The van der Waals surface area contributed by atoms with Crippen LogP contribution in [-0.2, 0) is 0 Å². The molecule has 0 fully saturated rings. The van der Waals surface area contributed by atoms with E-state index in [-0.39, 0.29) is 6.17 Å². The van der Waals surface area contributed by atoms with Gasteiger partial charge in [0.1, 0.15) is 12.0 Å². The predicted molar refractivity (Wildman–Crippen MR) is 98.0 cm³/mol. The van der Waals surface area contributed by atoms with E-state index in [0.29, 0.717) is 11.7 Å². The molecule has 0 bridgehead atoms. The second-order valence-electron chi connectivity index (χ2n) is 4.94. The Bertz CT molecular complexity index is 717. The Morgan fingerprint density at radius 3 is 2.73 bits per heavy atom. The summed E-state index contributed by atoms with van der Waals surface area (Å²) in [7, 11) is 0. The summed E-state index contributed by atoms with van der Waals surface area (Å²) in [5.74, 6) is 0.806. The lowest BCUT2D eigenvalue weighted by atomic mass is 10.2. The lowest BCUT2D eigenvalue weighted by molar-refractivity contribution is 0.591. The Balaban J connectivity index is 1.81. The number of aliphatic imine (C=N–C) groups is 1. The van der Waals surface area contributed by atoms with Crippen molar-refractivity contribution in [1.29, 1.82) is 0 Å². The molecule has 2 aromatic rings. The van der Waals surface area contributed by atoms with Crippen LogP contribution in [0.15, 0.2) is 64.1 Å². The molecule has 1 atom stereocenters. The van der Waals surface area contributed by atoms with Crippen LogP contribution < -0.4 is 11.1 Å². The number of rotatable bonds is 2. The third-order valence-corrected chi connectivity index (χ3v) is 4.08. The van der Waals surface area contributed by atoms with Crippen LogP contribution in [0.5, 0.6) is 0 Å². The van der Waals surface area contributed by atoms with Crippen LogP contribution >= 0.6 is 28.1 Å². The first kappa shape index (κ1) is 15.1. The van der Waals surface area contributed by atoms with Gasteiger partial charge >= 0.3 is 0 Å². The molecule has 1 heterocycles. The van der Waals surface area contributed by atoms with Gasteiger partial charge in [-0.25, -0.2) is 4.99 Å². The number of hydrogen-bond donors (Lipinski definition) is 2. The smallest absolute Gasteiger partial charge is 0.179 e. The Morgan fingerprint density at radius 1 is 1.23 bits per heavy atom. The van der Waals surface area contributed by atoms with Crippen molar-refractivity contribution in [2.75, 3.05) is 11.9 Å². The largest absolute Gasteiger partial charge is 0.332 e. The van der Waals surface area contributed by atoms with Gasteiger partial charge in [-0.2, -0.15) is 0 Å². The Hall–Kier alpha value is -1.76. The highest BCUT2D eigenvalue weighted by atomic mass is 79.9. The molecule has 0 amide bonds. The first-order chi connectivity index (χ1) is 10.6. The number of nitrogens with two attached hydrogens (primary N) is 1. The van der Waals surface area contributed by atoms with Crippen LogP contribution in [0.1, 0.15) is 5.56 Å². The molecule has 0 aromatic heterocycles. The summed E-state index contributed by atoms with van der Waals surface area (Å²) in [5, 5.41) is 3.83. The second kappa shape index (κ2) is 6.56. The molecule has 2 aromatic carbocycles. The number of benzene rings is 2. The minimum atomic E-state index is -0.266. The second-order valence-corrected chi connectivity index (χ2v) is 6.24. The zero-order valence-corrected chi connectivity index (χ0v) is 14.1. The molecule has 0 radical (unpaired) electrons. The first-order valence-corrected chi connectivity index (χ1v) is 8.06. The topological polar surface area (TPSA) is 53.6 Å². The molecule has 0 saturated carbocycles. The third-order valence-electron chi connectivity index (χ3n) is 3.27. The maximum atomic E-state index is 5.98. The molecule has 1 aliphatic heterocycles. The van der Waals surface area contributed by atoms with E-state index in [1.165, 1.54) is 0 Å². The fourth-order valence-electron chi connectivity index (χ4n) is 2.29. The van der Waals surface area contributed by atoms with E-state index in [9.17, 15) is 0 Å². The molecular weight excluding hydrogens is 360 g/mol. The monoisotopic (exact) mass is 374 g/mol. The van der Waals surface area contributed by atoms with Crippen molar-refractivity contribution in [3.63, 3.8) is 0 Å². The number of thiocarbonyl (C=S) groups is 1. The summed E-state index contributed by atoms with van der Waals surface area (Å²) in [6.07, 6.45) is -0.266. The molecule has 1 unspecified atom stereocenters. The van der Waals surface area contributed by atoms with Crippen molar-refractivity contribution < 1.29 is 0 Å². The molecule has 4 nitrogen and oxygen atoms in total. The molecule has 0 spiro atoms. The van der Waals surface area contributed by atoms with E-state index in [1.807, 2.05) is 59.5 Å². The van der Waals surface area contributed by atoms with Gasteiger partial charge in [-0.05, 0) is 30.4 Å². The van der Waals surface area contributed by atoms with E-state index in [1.54, 1.807) is 0 Å². The van der Waals surface area contributed by atoms with Crippen LogP contribution in [0.3, 0.4) is 0 Å². The maximum absolute atomic E-state index is 5.98. The van der Waals surface area contributed by atoms with Crippen LogP contribution in [0, 0.1) is 0 Å². The fourth-order valence-corrected chi connectivity index (χ4v) is 2.97. The summed E-state index contributed by atoms with van der Waals surface area (Å²) < 4.78 is 0.996. The molecule has 0 saturated heterocycles. The Morgan fingerprint density at radius 2 is 2.00 bits per heavy atom. The summed E-state index contributed by atoms with van der Waals surface area (Å²) in [6.45, 7) is 0.573. The van der Waals surface area contributed by atoms with E-state index in [4.69, 9.17) is 18.0 Å². The van der Waals surface area contributed by atoms with Crippen molar-refractivity contribution >= 4 is 44.8 Å². The Kier molecular flexibility index (Phi) is 4.52. The number of nitrogens with zero attached hydrogens (tertiary/aromatic N) is 2. The summed E-state index contributed by atoms with van der Waals surface area (Å²) >= 11 is 8.99. The van der Waals surface area contributed by atoms with E-state index in [0.717, 1.165) is 21.6 Å². The van der Waals surface area contributed by atoms with Gasteiger partial charge in [0.05, 0.1) is 6.54 Å². The molecule has 112 valence electrons. The molecule has 3 rings (SSSR count). The van der Waals surface area contributed by atoms with Gasteiger partial charge in [0.25, 0.3) is 0 Å². The minimum absolute atomic E-state index is 0.266. The van der Waals surface area contributed by atoms with Gasteiger partial charge in [-0.1, -0.05) is 52.3 Å². The van der Waals surface area contributed by atoms with Crippen molar-refractivity contribution in [3.8, 4) is 0 Å². The molecule has 6 heteroatoms. The minimum Gasteiger partial charge on any atom is -0.332 e. The average Bonchev–Trinajstić information content (AvgIpc) is 2.90. The maximum Gasteiger partial charge on any atom is 0.179 e. The van der Waals surface area contributed by atoms with Gasteiger partial charge in [-0.15, -0.1) is 0 Å². The first-order valence-electron chi connectivity index (χ1n) is 6.86. The number of nitrogens with one attached hydrogen (secondary N) is 1. The van der Waals surface area contributed by atoms with Gasteiger partial charge in [0, 0.05) is 15.7 Å². The average molecular weight is 375 g/mol. The van der Waals surface area contributed by atoms with Gasteiger partial charge in [0.2, 0.25) is 0 Å². The van der Waals surface area contributed by atoms with Gasteiger partial charge in [-0.3, -0.25) is 4.90 Å². The fraction of sp³-hybridized carbons (Fsp3) is 0.125. The predicted octanol–water partition coefficient (Wildman–Crippen LogP) is 3.19. The quantitative estimate of drug-likeness (QED) is 0.792. The normalized spacial score (nSPS) is 17.3. The highest BCUT2D eigenvalue weighted by Crippen LogP contribution is 2.19. The Labute approximate surface area is 143 Å². The lowest BCUT2D eigenvalue weighted by Crippen LogP contribution is -2.40. The highest BCUT2D eigenvalue weighted by Gasteiger charge is 2.26. The number of hydrogen-bond acceptors (Lipinski definition) is 3. The summed E-state index contributed by atoms with van der Waals surface area (Å²) in [6, 6.07) is 17.8. The van der Waals surface area contributed by atoms with E-state index < -0.39 is 0 Å². The van der Waals surface area contributed by atoms with Crippen molar-refractivity contribution in [1.82, 2.24) is 4.90 Å². The number of amidine groups is 1. The van der Waals surface area contributed by atoms with Crippen molar-refractivity contribution in [2.45, 2.75) is 6.17 Å². The molecule has 3 N–H and O–H groups in total. The highest BCUT2D eigenvalue weighted by molar-refractivity contribution is 9.10. The SMILES string of the molecule is NC1CN(C(=S)Nc2cccc(Br)c2)C(c2ccccc2)=N1. The molecule has 22 heavy (non-hydrogen) atoms. The van der Waals surface area contributed by atoms with Crippen LogP contribution in [0.25, 0.3) is 0 Å².